The van der Waals surface area contributed by atoms with E-state index in [0.29, 0.717) is 12.4 Å². The van der Waals surface area contributed by atoms with Gasteiger partial charge in [0, 0.05) is 37.8 Å². The van der Waals surface area contributed by atoms with Crippen LogP contribution in [0.4, 0.5) is 13.2 Å². The van der Waals surface area contributed by atoms with Crippen molar-refractivity contribution in [1.29, 1.82) is 0 Å². The van der Waals surface area contributed by atoms with Gasteiger partial charge in [0.1, 0.15) is 0 Å². The van der Waals surface area contributed by atoms with Gasteiger partial charge in [0.25, 0.3) is 0 Å². The number of halogens is 4. The molecular weight excluding hydrogens is 273 g/mol. The molecule has 1 aliphatic rings. The van der Waals surface area contributed by atoms with E-state index in [2.05, 4.69) is 9.80 Å². The van der Waals surface area contributed by atoms with E-state index in [1.54, 1.807) is 0 Å². The Hall–Kier alpha value is 0.350. The summed E-state index contributed by atoms with van der Waals surface area (Å²) in [5, 5.41) is 0. The molecule has 0 atom stereocenters. The summed E-state index contributed by atoms with van der Waals surface area (Å²) < 4.78 is 35.9. The average molecular weight is 291 g/mol. The van der Waals surface area contributed by atoms with Gasteiger partial charge in [-0.15, -0.1) is 11.6 Å². The van der Waals surface area contributed by atoms with Gasteiger partial charge in [0.15, 0.2) is 0 Å². The molecule has 1 rings (SSSR count). The van der Waals surface area contributed by atoms with Crippen molar-refractivity contribution in [2.75, 3.05) is 50.9 Å². The lowest BCUT2D eigenvalue weighted by molar-refractivity contribution is -0.0328. The summed E-state index contributed by atoms with van der Waals surface area (Å²) in [6.45, 7) is 5.01. The maximum Gasteiger partial charge on any atom is 0.441 e. The lowest BCUT2D eigenvalue weighted by atomic mass is 10.4. The van der Waals surface area contributed by atoms with Gasteiger partial charge in [-0.2, -0.15) is 13.2 Å². The molecule has 1 saturated heterocycles. The monoisotopic (exact) mass is 290 g/mol. The molecule has 0 saturated carbocycles. The van der Waals surface area contributed by atoms with Crippen LogP contribution in [-0.2, 0) is 0 Å². The highest BCUT2D eigenvalue weighted by Crippen LogP contribution is 2.29. The van der Waals surface area contributed by atoms with Crippen LogP contribution in [-0.4, -0.2) is 66.2 Å². The topological polar surface area (TPSA) is 6.48 Å². The Labute approximate surface area is 109 Å². The van der Waals surface area contributed by atoms with E-state index >= 15 is 0 Å². The Morgan fingerprint density at radius 1 is 1.00 bits per heavy atom. The second-order valence-corrected chi connectivity index (χ2v) is 5.56. The molecule has 0 radical (unpaired) electrons. The smallest absolute Gasteiger partial charge is 0.301 e. The number of thioether (sulfide) groups is 1. The largest absolute Gasteiger partial charge is 0.441 e. The Balaban J connectivity index is 2.18. The molecule has 0 aromatic carbocycles. The standard InChI is InChI=1S/C10H18ClF3N2S/c11-2-5-15-3-1-4-16(7-6-15)8-9-17-10(12,13)14/h1-9H2. The predicted molar refractivity (Wildman–Crippen MR) is 66.7 cm³/mol. The fourth-order valence-electron chi connectivity index (χ4n) is 1.88. The van der Waals surface area contributed by atoms with E-state index in [4.69, 9.17) is 11.6 Å². The van der Waals surface area contributed by atoms with E-state index in [-0.39, 0.29) is 17.5 Å². The van der Waals surface area contributed by atoms with E-state index in [1.165, 1.54) is 0 Å². The van der Waals surface area contributed by atoms with Crippen LogP contribution < -0.4 is 0 Å². The molecule has 0 aromatic heterocycles. The number of hydrogen-bond donors (Lipinski definition) is 0. The Morgan fingerprint density at radius 2 is 1.59 bits per heavy atom. The van der Waals surface area contributed by atoms with Crippen molar-refractivity contribution >= 4 is 23.4 Å². The molecule has 0 N–H and O–H groups in total. The molecule has 0 aromatic rings. The summed E-state index contributed by atoms with van der Waals surface area (Å²) in [5.41, 5.74) is -4.10. The van der Waals surface area contributed by atoms with Gasteiger partial charge in [0.2, 0.25) is 0 Å². The van der Waals surface area contributed by atoms with Crippen LogP contribution in [0.15, 0.2) is 0 Å². The maximum atomic E-state index is 12.0. The van der Waals surface area contributed by atoms with Crippen LogP contribution >= 0.6 is 23.4 Å². The average Bonchev–Trinajstić information content (AvgIpc) is 2.43. The molecule has 2 nitrogen and oxygen atoms in total. The Morgan fingerprint density at radius 3 is 2.12 bits per heavy atom. The van der Waals surface area contributed by atoms with Crippen molar-refractivity contribution in [3.05, 3.63) is 0 Å². The minimum Gasteiger partial charge on any atom is -0.301 e. The lowest BCUT2D eigenvalue weighted by Crippen LogP contribution is -2.33. The van der Waals surface area contributed by atoms with Crippen molar-refractivity contribution < 1.29 is 13.2 Å². The number of rotatable bonds is 5. The van der Waals surface area contributed by atoms with Gasteiger partial charge < -0.3 is 9.80 Å². The highest BCUT2D eigenvalue weighted by atomic mass is 35.5. The zero-order valence-electron chi connectivity index (χ0n) is 9.68. The van der Waals surface area contributed by atoms with Crippen LogP contribution in [0.1, 0.15) is 6.42 Å². The first-order chi connectivity index (χ1) is 8.01. The van der Waals surface area contributed by atoms with Crippen molar-refractivity contribution in [3.8, 4) is 0 Å². The second kappa shape index (κ2) is 7.71. The third-order valence-electron chi connectivity index (χ3n) is 2.76. The molecule has 1 fully saturated rings. The zero-order chi connectivity index (χ0) is 12.7. The zero-order valence-corrected chi connectivity index (χ0v) is 11.3. The lowest BCUT2D eigenvalue weighted by Gasteiger charge is -2.21. The summed E-state index contributed by atoms with van der Waals surface area (Å²) >= 11 is 5.74. The fourth-order valence-corrected chi connectivity index (χ4v) is 2.70. The molecule has 0 unspecified atom stereocenters. The first kappa shape index (κ1) is 15.4. The number of nitrogens with zero attached hydrogens (tertiary/aromatic N) is 2. The summed E-state index contributed by atoms with van der Waals surface area (Å²) in [6.07, 6.45) is 1.01. The van der Waals surface area contributed by atoms with Gasteiger partial charge in [0.05, 0.1) is 0 Å². The molecule has 1 heterocycles. The second-order valence-electron chi connectivity index (χ2n) is 4.02. The van der Waals surface area contributed by atoms with Crippen molar-refractivity contribution in [1.82, 2.24) is 9.80 Å². The minimum absolute atomic E-state index is 0.0687. The number of hydrogen-bond acceptors (Lipinski definition) is 3. The summed E-state index contributed by atoms with van der Waals surface area (Å²) in [4.78, 5) is 4.37. The van der Waals surface area contributed by atoms with E-state index in [0.717, 1.165) is 39.1 Å². The third kappa shape index (κ3) is 7.39. The maximum absolute atomic E-state index is 12.0. The van der Waals surface area contributed by atoms with E-state index in [1.807, 2.05) is 0 Å². The van der Waals surface area contributed by atoms with Gasteiger partial charge in [-0.3, -0.25) is 0 Å². The van der Waals surface area contributed by atoms with Crippen molar-refractivity contribution in [2.45, 2.75) is 11.9 Å². The molecule has 1 aliphatic heterocycles. The molecule has 0 amide bonds. The Kier molecular flexibility index (Phi) is 6.99. The molecule has 7 heteroatoms. The van der Waals surface area contributed by atoms with E-state index < -0.39 is 5.51 Å². The summed E-state index contributed by atoms with van der Waals surface area (Å²) in [6, 6.07) is 0. The quantitative estimate of drug-likeness (QED) is 0.718. The first-order valence-electron chi connectivity index (χ1n) is 5.72. The predicted octanol–water partition coefficient (Wildman–Crippen LogP) is 2.49. The van der Waals surface area contributed by atoms with Crippen LogP contribution in [0, 0.1) is 0 Å². The van der Waals surface area contributed by atoms with Crippen LogP contribution in [0.2, 0.25) is 0 Å². The van der Waals surface area contributed by atoms with Crippen LogP contribution in [0.3, 0.4) is 0 Å². The molecule has 0 aliphatic carbocycles. The SMILES string of the molecule is FC(F)(F)SCCN1CCCN(CCCl)CC1. The van der Waals surface area contributed by atoms with Crippen molar-refractivity contribution in [3.63, 3.8) is 0 Å². The van der Waals surface area contributed by atoms with Gasteiger partial charge >= 0.3 is 5.51 Å². The normalized spacial score (nSPS) is 20.5. The number of alkyl halides is 4. The Bertz CT molecular complexity index is 216. The summed E-state index contributed by atoms with van der Waals surface area (Å²) in [7, 11) is 0. The molecule has 0 spiro atoms. The van der Waals surface area contributed by atoms with Crippen molar-refractivity contribution in [2.24, 2.45) is 0 Å². The van der Waals surface area contributed by atoms with Crippen LogP contribution in [0.25, 0.3) is 0 Å². The fraction of sp³-hybridized carbons (Fsp3) is 1.00. The minimum atomic E-state index is -4.10. The third-order valence-corrected chi connectivity index (χ3v) is 3.64. The molecule has 0 bridgehead atoms. The van der Waals surface area contributed by atoms with Crippen LogP contribution in [0.5, 0.6) is 0 Å². The van der Waals surface area contributed by atoms with Gasteiger partial charge in [-0.25, -0.2) is 0 Å². The van der Waals surface area contributed by atoms with E-state index in [9.17, 15) is 13.2 Å². The molecular formula is C10H18ClF3N2S. The van der Waals surface area contributed by atoms with Gasteiger partial charge in [-0.1, -0.05) is 0 Å². The molecule has 102 valence electrons. The summed E-state index contributed by atoms with van der Waals surface area (Å²) in [5.74, 6) is 0.739. The first-order valence-corrected chi connectivity index (χ1v) is 7.24. The highest BCUT2D eigenvalue weighted by molar-refractivity contribution is 8.00. The van der Waals surface area contributed by atoms with Gasteiger partial charge in [-0.05, 0) is 31.3 Å². The highest BCUT2D eigenvalue weighted by Gasteiger charge is 2.28. The molecule has 17 heavy (non-hydrogen) atoms.